The van der Waals surface area contributed by atoms with Crippen molar-refractivity contribution in [2.45, 2.75) is 5.41 Å². The smallest absolute Gasteiger partial charge is 0.153 e. The fourth-order valence-corrected chi connectivity index (χ4v) is 9.82. The van der Waals surface area contributed by atoms with E-state index in [0.29, 0.717) is 0 Å². The highest BCUT2D eigenvalue weighted by atomic mass is 16.3. The lowest BCUT2D eigenvalue weighted by Crippen LogP contribution is -2.26. The summed E-state index contributed by atoms with van der Waals surface area (Å²) in [6, 6.07) is 66.7. The number of pyridine rings is 1. The number of aromatic nitrogens is 1. The highest BCUT2D eigenvalue weighted by Crippen LogP contribution is 2.64. The predicted molar refractivity (Wildman–Crippen MR) is 225 cm³/mol. The first-order chi connectivity index (χ1) is 27.3. The van der Waals surface area contributed by atoms with Gasteiger partial charge in [0.25, 0.3) is 0 Å². The Bertz CT molecular complexity index is 3110. The van der Waals surface area contributed by atoms with E-state index < -0.39 is 5.41 Å². The second-order valence-electron chi connectivity index (χ2n) is 14.6. The standard InChI is InChI=1S/C52H32N2O/c1-2-12-33(13-3-1)34-24-26-35(27-25-34)54(46-22-10-17-39-38(46)28-29-48-50(39)41-30-31-53-32-49(41)55-48)47-23-11-21-45-51(47)40-16-6-9-20-44(40)52(45)42-18-7-4-14-36(42)37-15-5-8-19-43(37)52/h1-32H. The number of benzene rings is 8. The van der Waals surface area contributed by atoms with Gasteiger partial charge in [0, 0.05) is 33.6 Å². The SMILES string of the molecule is c1ccc(-c2ccc(N(c3cccc4c3-c3ccccc3C43c4ccccc4-c4ccccc43)c3cccc4c3ccc3oc5cnccc5c34)cc2)cc1. The van der Waals surface area contributed by atoms with Crippen molar-refractivity contribution in [1.82, 2.24) is 4.98 Å². The Morgan fingerprint density at radius 3 is 1.80 bits per heavy atom. The molecule has 2 aromatic heterocycles. The second-order valence-corrected chi connectivity index (χ2v) is 14.6. The van der Waals surface area contributed by atoms with Gasteiger partial charge in [-0.05, 0) is 97.9 Å². The molecule has 12 rings (SSSR count). The number of anilines is 3. The van der Waals surface area contributed by atoms with Crippen LogP contribution in [0, 0.1) is 0 Å². The lowest BCUT2D eigenvalue weighted by atomic mass is 9.70. The van der Waals surface area contributed by atoms with Crippen LogP contribution in [-0.2, 0) is 5.41 Å². The van der Waals surface area contributed by atoms with Crippen LogP contribution >= 0.6 is 0 Å². The number of hydrogen-bond donors (Lipinski definition) is 0. The summed E-state index contributed by atoms with van der Waals surface area (Å²) in [5.74, 6) is 0. The van der Waals surface area contributed by atoms with E-state index in [4.69, 9.17) is 4.42 Å². The second kappa shape index (κ2) is 11.4. The van der Waals surface area contributed by atoms with Crippen molar-refractivity contribution in [3.63, 3.8) is 0 Å². The molecule has 3 heteroatoms. The molecule has 0 N–H and O–H groups in total. The van der Waals surface area contributed by atoms with Crippen LogP contribution in [0.4, 0.5) is 17.1 Å². The maximum Gasteiger partial charge on any atom is 0.153 e. The Hall–Kier alpha value is -7.23. The third-order valence-electron chi connectivity index (χ3n) is 12.0. The summed E-state index contributed by atoms with van der Waals surface area (Å²) < 4.78 is 6.32. The van der Waals surface area contributed by atoms with Gasteiger partial charge < -0.3 is 9.32 Å². The average Bonchev–Trinajstić information content (AvgIpc) is 3.89. The molecular formula is C52H32N2O. The third-order valence-corrected chi connectivity index (χ3v) is 12.0. The van der Waals surface area contributed by atoms with Crippen molar-refractivity contribution in [2.75, 3.05) is 4.90 Å². The zero-order valence-electron chi connectivity index (χ0n) is 29.8. The first-order valence-corrected chi connectivity index (χ1v) is 18.9. The number of rotatable bonds is 4. The summed E-state index contributed by atoms with van der Waals surface area (Å²) in [6.45, 7) is 0. The van der Waals surface area contributed by atoms with Gasteiger partial charge in [-0.25, -0.2) is 0 Å². The molecule has 8 aromatic carbocycles. The lowest BCUT2D eigenvalue weighted by molar-refractivity contribution is 0.667. The molecule has 0 unspecified atom stereocenters. The molecule has 2 aliphatic carbocycles. The molecule has 3 nitrogen and oxygen atoms in total. The highest BCUT2D eigenvalue weighted by molar-refractivity contribution is 6.21. The lowest BCUT2D eigenvalue weighted by Gasteiger charge is -2.32. The summed E-state index contributed by atoms with van der Waals surface area (Å²) in [5.41, 5.74) is 17.4. The molecule has 0 saturated carbocycles. The van der Waals surface area contributed by atoms with E-state index in [1.807, 2.05) is 12.4 Å². The van der Waals surface area contributed by atoms with Crippen LogP contribution in [0.2, 0.25) is 0 Å². The molecule has 2 aliphatic rings. The van der Waals surface area contributed by atoms with Gasteiger partial charge in [-0.15, -0.1) is 0 Å². The van der Waals surface area contributed by atoms with Gasteiger partial charge in [0.2, 0.25) is 0 Å². The minimum absolute atomic E-state index is 0.438. The van der Waals surface area contributed by atoms with Crippen LogP contribution < -0.4 is 4.90 Å². The van der Waals surface area contributed by atoms with Crippen LogP contribution in [0.3, 0.4) is 0 Å². The van der Waals surface area contributed by atoms with Gasteiger partial charge in [0.1, 0.15) is 5.58 Å². The topological polar surface area (TPSA) is 29.3 Å². The highest BCUT2D eigenvalue weighted by Gasteiger charge is 2.52. The Kier molecular flexibility index (Phi) is 6.26. The summed E-state index contributed by atoms with van der Waals surface area (Å²) in [5, 5.41) is 4.48. The van der Waals surface area contributed by atoms with Crippen LogP contribution in [0.25, 0.3) is 66.1 Å². The van der Waals surface area contributed by atoms with Gasteiger partial charge >= 0.3 is 0 Å². The fraction of sp³-hybridized carbons (Fsp3) is 0.0192. The summed E-state index contributed by atoms with van der Waals surface area (Å²) in [4.78, 5) is 6.83. The summed E-state index contributed by atoms with van der Waals surface area (Å²) >= 11 is 0. The van der Waals surface area contributed by atoms with E-state index in [-0.39, 0.29) is 0 Å². The summed E-state index contributed by atoms with van der Waals surface area (Å²) in [7, 11) is 0. The molecule has 0 saturated heterocycles. The van der Waals surface area contributed by atoms with E-state index in [0.717, 1.165) is 49.8 Å². The molecule has 0 amide bonds. The normalized spacial score (nSPS) is 13.2. The van der Waals surface area contributed by atoms with Crippen molar-refractivity contribution in [3.8, 4) is 33.4 Å². The Morgan fingerprint density at radius 2 is 1.04 bits per heavy atom. The molecule has 1 spiro atoms. The van der Waals surface area contributed by atoms with E-state index in [1.165, 1.54) is 55.6 Å². The molecule has 0 bridgehead atoms. The average molecular weight is 701 g/mol. The maximum atomic E-state index is 6.32. The van der Waals surface area contributed by atoms with Crippen LogP contribution in [0.1, 0.15) is 22.3 Å². The van der Waals surface area contributed by atoms with Crippen molar-refractivity contribution in [1.29, 1.82) is 0 Å². The van der Waals surface area contributed by atoms with Crippen LogP contribution in [0.5, 0.6) is 0 Å². The Balaban J connectivity index is 1.17. The molecule has 0 aliphatic heterocycles. The van der Waals surface area contributed by atoms with Gasteiger partial charge in [-0.2, -0.15) is 0 Å². The number of furan rings is 1. The van der Waals surface area contributed by atoms with Crippen molar-refractivity contribution < 1.29 is 4.42 Å². The quantitative estimate of drug-likeness (QED) is 0.183. The number of fused-ring (bicyclic) bond motifs is 15. The van der Waals surface area contributed by atoms with E-state index >= 15 is 0 Å². The first kappa shape index (κ1) is 30.3. The maximum absolute atomic E-state index is 6.32. The van der Waals surface area contributed by atoms with Crippen molar-refractivity contribution >= 4 is 49.8 Å². The zero-order valence-corrected chi connectivity index (χ0v) is 29.8. The summed E-state index contributed by atoms with van der Waals surface area (Å²) in [6.07, 6.45) is 3.66. The van der Waals surface area contributed by atoms with Crippen LogP contribution in [0.15, 0.2) is 199 Å². The van der Waals surface area contributed by atoms with Crippen LogP contribution in [-0.4, -0.2) is 4.98 Å². The van der Waals surface area contributed by atoms with Crippen molar-refractivity contribution in [2.24, 2.45) is 0 Å². The molecule has 10 aromatic rings. The van der Waals surface area contributed by atoms with Gasteiger partial charge in [-0.1, -0.05) is 140 Å². The Labute approximate surface area is 318 Å². The Morgan fingerprint density at radius 1 is 0.418 bits per heavy atom. The number of hydrogen-bond acceptors (Lipinski definition) is 3. The van der Waals surface area contributed by atoms with Crippen molar-refractivity contribution in [3.05, 3.63) is 217 Å². The third kappa shape index (κ3) is 4.07. The van der Waals surface area contributed by atoms with E-state index in [9.17, 15) is 0 Å². The molecular weight excluding hydrogens is 669 g/mol. The molecule has 256 valence electrons. The molecule has 55 heavy (non-hydrogen) atoms. The minimum atomic E-state index is -0.438. The predicted octanol–water partition coefficient (Wildman–Crippen LogP) is 13.6. The first-order valence-electron chi connectivity index (χ1n) is 18.9. The largest absolute Gasteiger partial charge is 0.454 e. The van der Waals surface area contributed by atoms with E-state index in [1.54, 1.807) is 0 Å². The van der Waals surface area contributed by atoms with Gasteiger partial charge in [0.15, 0.2) is 5.58 Å². The fourth-order valence-electron chi connectivity index (χ4n) is 9.82. The molecule has 0 atom stereocenters. The number of nitrogens with zero attached hydrogens (tertiary/aromatic N) is 2. The monoisotopic (exact) mass is 700 g/mol. The molecule has 0 radical (unpaired) electrons. The van der Waals surface area contributed by atoms with Gasteiger partial charge in [0.05, 0.1) is 23.0 Å². The zero-order chi connectivity index (χ0) is 36.1. The minimum Gasteiger partial charge on any atom is -0.454 e. The van der Waals surface area contributed by atoms with Gasteiger partial charge in [-0.3, -0.25) is 4.98 Å². The molecule has 0 fully saturated rings. The molecule has 2 heterocycles. The van der Waals surface area contributed by atoms with E-state index in [2.05, 4.69) is 192 Å².